The normalized spacial score (nSPS) is 11.7. The first-order valence-corrected chi connectivity index (χ1v) is 10.5. The molecule has 0 unspecified atom stereocenters. The summed E-state index contributed by atoms with van der Waals surface area (Å²) in [6.07, 6.45) is 5.05. The first-order chi connectivity index (χ1) is 15.6. The molecule has 32 heavy (non-hydrogen) atoms. The van der Waals surface area contributed by atoms with Gasteiger partial charge < -0.3 is 9.30 Å². The Balaban J connectivity index is 1.64. The van der Waals surface area contributed by atoms with Crippen LogP contribution in [0, 0.1) is 0 Å². The maximum Gasteiger partial charge on any atom is 0.280 e. The van der Waals surface area contributed by atoms with Gasteiger partial charge in [-0.3, -0.25) is 14.9 Å². The van der Waals surface area contributed by atoms with Crippen LogP contribution >= 0.6 is 0 Å². The molecule has 0 spiro atoms. The molecule has 0 saturated heterocycles. The predicted molar refractivity (Wildman–Crippen MR) is 124 cm³/mol. The summed E-state index contributed by atoms with van der Waals surface area (Å²) in [4.78, 5) is 18.0. The summed E-state index contributed by atoms with van der Waals surface area (Å²) in [6, 6.07) is 15.3. The number of benzene rings is 2. The van der Waals surface area contributed by atoms with Crippen molar-refractivity contribution in [1.29, 1.82) is 0 Å². The van der Waals surface area contributed by atoms with Crippen LogP contribution in [-0.2, 0) is 13.0 Å². The van der Waals surface area contributed by atoms with Crippen LogP contribution in [-0.4, -0.2) is 37.4 Å². The van der Waals surface area contributed by atoms with E-state index in [-0.39, 0.29) is 5.56 Å². The molecule has 2 aromatic heterocycles. The molecule has 2 aromatic carbocycles. The van der Waals surface area contributed by atoms with Crippen LogP contribution < -0.4 is 10.3 Å². The second-order valence-corrected chi connectivity index (χ2v) is 7.55. The molecule has 4 aromatic rings. The number of nitrogens with one attached hydrogen (secondary N) is 1. The number of aromatic nitrogens is 5. The third kappa shape index (κ3) is 4.54. The Morgan fingerprint density at radius 3 is 2.38 bits per heavy atom. The lowest BCUT2D eigenvalue weighted by molar-refractivity contribution is 0.414. The van der Waals surface area contributed by atoms with Gasteiger partial charge in [0.15, 0.2) is 0 Å². The van der Waals surface area contributed by atoms with Crippen LogP contribution in [0.15, 0.2) is 71.0 Å². The molecule has 164 valence electrons. The second-order valence-electron chi connectivity index (χ2n) is 7.55. The molecule has 0 aliphatic rings. The summed E-state index contributed by atoms with van der Waals surface area (Å²) in [5.74, 6) is 0.743. The van der Waals surface area contributed by atoms with E-state index in [9.17, 15) is 4.79 Å². The molecular weight excluding hydrogens is 404 g/mol. The molecule has 8 nitrogen and oxygen atoms in total. The number of aliphatic imine (C=N–C) groups is 1. The maximum absolute atomic E-state index is 13.3. The fourth-order valence-corrected chi connectivity index (χ4v) is 3.64. The third-order valence-corrected chi connectivity index (χ3v) is 5.22. The molecule has 0 bridgehead atoms. The van der Waals surface area contributed by atoms with Crippen LogP contribution in [0.1, 0.15) is 37.1 Å². The number of nitrogens with zero attached hydrogens (tertiary/aromatic N) is 5. The monoisotopic (exact) mass is 430 g/mol. The minimum atomic E-state index is -0.107. The Morgan fingerprint density at radius 2 is 1.75 bits per heavy atom. The summed E-state index contributed by atoms with van der Waals surface area (Å²) in [6.45, 7) is 4.67. The number of H-pyrrole nitrogens is 1. The molecule has 4 rings (SSSR count). The highest BCUT2D eigenvalue weighted by molar-refractivity contribution is 6.01. The van der Waals surface area contributed by atoms with Crippen molar-refractivity contribution in [2.24, 2.45) is 4.99 Å². The topological polar surface area (TPSA) is 90.1 Å². The summed E-state index contributed by atoms with van der Waals surface area (Å²) in [5, 5.41) is 10.9. The minimum absolute atomic E-state index is 0.107. The second kappa shape index (κ2) is 9.47. The van der Waals surface area contributed by atoms with Gasteiger partial charge in [-0.05, 0) is 55.3 Å². The number of rotatable bonds is 8. The zero-order chi connectivity index (χ0) is 22.5. The van der Waals surface area contributed by atoms with Gasteiger partial charge in [-0.2, -0.15) is 0 Å². The fourth-order valence-electron chi connectivity index (χ4n) is 3.64. The first-order valence-electron chi connectivity index (χ1n) is 10.5. The summed E-state index contributed by atoms with van der Waals surface area (Å²) >= 11 is 0. The Bertz CT molecular complexity index is 1250. The van der Waals surface area contributed by atoms with Crippen molar-refractivity contribution in [3.8, 4) is 11.4 Å². The molecule has 0 amide bonds. The molecule has 0 atom stereocenters. The van der Waals surface area contributed by atoms with Crippen LogP contribution in [0.25, 0.3) is 5.69 Å². The summed E-state index contributed by atoms with van der Waals surface area (Å²) in [7, 11) is 1.62. The lowest BCUT2D eigenvalue weighted by atomic mass is 10.1. The van der Waals surface area contributed by atoms with Gasteiger partial charge in [0.05, 0.1) is 29.8 Å². The molecule has 8 heteroatoms. The number of aryl methyl sites for hydroxylation is 1. The zero-order valence-corrected chi connectivity index (χ0v) is 18.4. The van der Waals surface area contributed by atoms with Gasteiger partial charge in [0.25, 0.3) is 5.56 Å². The molecule has 0 aliphatic heterocycles. The van der Waals surface area contributed by atoms with Gasteiger partial charge >= 0.3 is 0 Å². The van der Waals surface area contributed by atoms with Crippen molar-refractivity contribution < 1.29 is 4.74 Å². The number of aromatic amines is 1. The van der Waals surface area contributed by atoms with E-state index in [0.717, 1.165) is 41.2 Å². The number of ether oxygens (including phenoxy) is 1. The van der Waals surface area contributed by atoms with Crippen molar-refractivity contribution in [2.45, 2.75) is 33.2 Å². The average molecular weight is 431 g/mol. The molecular formula is C24H26N6O2. The highest BCUT2D eigenvalue weighted by Crippen LogP contribution is 2.18. The van der Waals surface area contributed by atoms with Crippen LogP contribution in [0.4, 0.5) is 5.69 Å². The Hall–Kier alpha value is -3.94. The van der Waals surface area contributed by atoms with E-state index in [1.165, 1.54) is 0 Å². The van der Waals surface area contributed by atoms with Crippen molar-refractivity contribution in [2.75, 3.05) is 7.11 Å². The lowest BCUT2D eigenvalue weighted by Crippen LogP contribution is -2.19. The van der Waals surface area contributed by atoms with Gasteiger partial charge in [-0.15, -0.1) is 10.2 Å². The van der Waals surface area contributed by atoms with Crippen LogP contribution in [0.2, 0.25) is 0 Å². The molecule has 1 N–H and O–H groups in total. The maximum atomic E-state index is 13.3. The third-order valence-electron chi connectivity index (χ3n) is 5.22. The standard InChI is InChI=1S/C24H26N6O2/c1-4-5-22-23(24(31)30(28-22)20-10-12-21(32-3)13-11-20)17(2)27-19-8-6-18(7-9-19)14-29-15-25-26-16-29/h6-13,15-16,28H,4-5,14H2,1-3H3. The van der Waals surface area contributed by atoms with E-state index in [1.54, 1.807) is 24.4 Å². The number of hydrogen-bond acceptors (Lipinski definition) is 5. The van der Waals surface area contributed by atoms with Crippen LogP contribution in [0.3, 0.4) is 0 Å². The van der Waals surface area contributed by atoms with Crippen LogP contribution in [0.5, 0.6) is 5.75 Å². The van der Waals surface area contributed by atoms with E-state index in [0.29, 0.717) is 17.8 Å². The van der Waals surface area contributed by atoms with Gasteiger partial charge in [-0.1, -0.05) is 25.5 Å². The van der Waals surface area contributed by atoms with Gasteiger partial charge in [0, 0.05) is 12.2 Å². The van der Waals surface area contributed by atoms with E-state index in [4.69, 9.17) is 9.73 Å². The van der Waals surface area contributed by atoms with E-state index >= 15 is 0 Å². The molecule has 2 heterocycles. The zero-order valence-electron chi connectivity index (χ0n) is 18.4. The average Bonchev–Trinajstić information content (AvgIpc) is 3.43. The number of hydrogen-bond donors (Lipinski definition) is 1. The quantitative estimate of drug-likeness (QED) is 0.429. The Labute approximate surface area is 186 Å². The van der Waals surface area contributed by atoms with E-state index < -0.39 is 0 Å². The molecule has 0 aliphatic carbocycles. The first kappa shape index (κ1) is 21.3. The Kier molecular flexibility index (Phi) is 6.30. The Morgan fingerprint density at radius 1 is 1.06 bits per heavy atom. The molecule has 0 radical (unpaired) electrons. The predicted octanol–water partition coefficient (Wildman–Crippen LogP) is 3.91. The van der Waals surface area contributed by atoms with Gasteiger partial charge in [0.2, 0.25) is 0 Å². The number of methoxy groups -OCH3 is 1. The highest BCUT2D eigenvalue weighted by atomic mass is 16.5. The van der Waals surface area contributed by atoms with Crippen molar-refractivity contribution >= 4 is 11.4 Å². The summed E-state index contributed by atoms with van der Waals surface area (Å²) < 4.78 is 8.70. The van der Waals surface area contributed by atoms with Crippen molar-refractivity contribution in [1.82, 2.24) is 24.5 Å². The molecule has 0 fully saturated rings. The largest absolute Gasteiger partial charge is 0.497 e. The fraction of sp³-hybridized carbons (Fsp3) is 0.250. The van der Waals surface area contributed by atoms with Crippen molar-refractivity contribution in [3.05, 3.63) is 88.4 Å². The lowest BCUT2D eigenvalue weighted by Gasteiger charge is -2.04. The van der Waals surface area contributed by atoms with Gasteiger partial charge in [0.1, 0.15) is 18.4 Å². The van der Waals surface area contributed by atoms with E-state index in [2.05, 4.69) is 22.2 Å². The molecule has 0 saturated carbocycles. The highest BCUT2D eigenvalue weighted by Gasteiger charge is 2.17. The van der Waals surface area contributed by atoms with Gasteiger partial charge in [-0.25, -0.2) is 4.68 Å². The van der Waals surface area contributed by atoms with E-state index in [1.807, 2.05) is 60.0 Å². The van der Waals surface area contributed by atoms with Crippen molar-refractivity contribution in [3.63, 3.8) is 0 Å². The SMILES string of the molecule is CCCc1[nH]n(-c2ccc(OC)cc2)c(=O)c1C(C)=Nc1ccc(Cn2cnnc2)cc1. The summed E-state index contributed by atoms with van der Waals surface area (Å²) in [5.41, 5.74) is 4.77. The minimum Gasteiger partial charge on any atom is -0.497 e. The smallest absolute Gasteiger partial charge is 0.280 e.